The van der Waals surface area contributed by atoms with Gasteiger partial charge >= 0.3 is 6.61 Å². The number of ether oxygens (including phenoxy) is 1. The molecule has 1 N–H and O–H groups in total. The van der Waals surface area contributed by atoms with Crippen molar-refractivity contribution < 1.29 is 23.4 Å². The lowest BCUT2D eigenvalue weighted by Gasteiger charge is -2.26. The Morgan fingerprint density at radius 3 is 2.65 bits per heavy atom. The van der Waals surface area contributed by atoms with Crippen molar-refractivity contribution in [2.75, 3.05) is 13.2 Å². The van der Waals surface area contributed by atoms with Crippen LogP contribution in [-0.4, -0.2) is 41.7 Å². The smallest absolute Gasteiger partial charge is 0.387 e. The van der Waals surface area contributed by atoms with E-state index in [1.807, 2.05) is 13.8 Å². The van der Waals surface area contributed by atoms with Crippen molar-refractivity contribution in [3.05, 3.63) is 29.8 Å². The second-order valence-corrected chi connectivity index (χ2v) is 4.58. The second kappa shape index (κ2) is 7.79. The van der Waals surface area contributed by atoms with Crippen molar-refractivity contribution in [2.45, 2.75) is 32.9 Å². The van der Waals surface area contributed by atoms with E-state index in [2.05, 4.69) is 4.74 Å². The van der Waals surface area contributed by atoms with Crippen LogP contribution in [-0.2, 0) is 0 Å². The summed E-state index contributed by atoms with van der Waals surface area (Å²) in [5.74, 6) is -0.315. The average molecular weight is 287 g/mol. The van der Waals surface area contributed by atoms with Crippen LogP contribution in [0.2, 0.25) is 0 Å². The van der Waals surface area contributed by atoms with Crippen LogP contribution < -0.4 is 4.74 Å². The van der Waals surface area contributed by atoms with E-state index in [0.29, 0.717) is 13.0 Å². The van der Waals surface area contributed by atoms with Crippen LogP contribution in [0.1, 0.15) is 30.6 Å². The molecule has 1 aromatic carbocycles. The van der Waals surface area contributed by atoms with Gasteiger partial charge in [0.1, 0.15) is 5.75 Å². The van der Waals surface area contributed by atoms with Crippen molar-refractivity contribution in [3.63, 3.8) is 0 Å². The first-order chi connectivity index (χ1) is 9.45. The summed E-state index contributed by atoms with van der Waals surface area (Å²) in [4.78, 5) is 13.9. The van der Waals surface area contributed by atoms with Crippen LogP contribution in [0.5, 0.6) is 5.75 Å². The summed E-state index contributed by atoms with van der Waals surface area (Å²) in [5.41, 5.74) is 0.287. The molecule has 0 aliphatic carbocycles. The number of aliphatic hydroxyl groups excluding tert-OH is 1. The summed E-state index contributed by atoms with van der Waals surface area (Å²) in [5, 5.41) is 8.85. The fraction of sp³-hybridized carbons (Fsp3) is 0.500. The molecule has 112 valence electrons. The Balaban J connectivity index is 2.88. The Labute approximate surface area is 117 Å². The van der Waals surface area contributed by atoms with Gasteiger partial charge in [-0.15, -0.1) is 0 Å². The topological polar surface area (TPSA) is 49.8 Å². The van der Waals surface area contributed by atoms with Crippen molar-refractivity contribution >= 4 is 5.91 Å². The summed E-state index contributed by atoms with van der Waals surface area (Å²) in [6.07, 6.45) is 0.469. The van der Waals surface area contributed by atoms with Crippen LogP contribution in [0.4, 0.5) is 8.78 Å². The van der Waals surface area contributed by atoms with E-state index in [9.17, 15) is 13.6 Å². The number of hydrogen-bond donors (Lipinski definition) is 1. The molecule has 0 atom stereocenters. The van der Waals surface area contributed by atoms with Crippen molar-refractivity contribution in [1.29, 1.82) is 0 Å². The molecule has 0 unspecified atom stereocenters. The predicted octanol–water partition coefficient (Wildman–Crippen LogP) is 2.52. The molecule has 0 saturated heterocycles. The Morgan fingerprint density at radius 1 is 1.40 bits per heavy atom. The molecule has 0 heterocycles. The molecule has 1 rings (SSSR count). The highest BCUT2D eigenvalue weighted by Gasteiger charge is 2.19. The van der Waals surface area contributed by atoms with Crippen molar-refractivity contribution in [3.8, 4) is 5.75 Å². The number of alkyl halides is 2. The van der Waals surface area contributed by atoms with E-state index in [1.165, 1.54) is 18.2 Å². The fourth-order valence-corrected chi connectivity index (χ4v) is 1.81. The Bertz CT molecular complexity index is 438. The molecular weight excluding hydrogens is 268 g/mol. The van der Waals surface area contributed by atoms with Crippen molar-refractivity contribution in [1.82, 2.24) is 4.90 Å². The number of nitrogens with zero attached hydrogens (tertiary/aromatic N) is 1. The minimum Gasteiger partial charge on any atom is -0.435 e. The minimum absolute atomic E-state index is 0.00890. The zero-order valence-corrected chi connectivity index (χ0v) is 11.6. The molecule has 4 nitrogen and oxygen atoms in total. The average Bonchev–Trinajstić information content (AvgIpc) is 2.38. The normalized spacial score (nSPS) is 10.9. The first-order valence-corrected chi connectivity index (χ1v) is 6.42. The lowest BCUT2D eigenvalue weighted by molar-refractivity contribution is -0.0499. The Kier molecular flexibility index (Phi) is 6.38. The third-order valence-corrected chi connectivity index (χ3v) is 2.75. The summed E-state index contributed by atoms with van der Waals surface area (Å²) >= 11 is 0. The van der Waals surface area contributed by atoms with Gasteiger partial charge < -0.3 is 14.7 Å². The van der Waals surface area contributed by atoms with Gasteiger partial charge in [-0.2, -0.15) is 8.78 Å². The monoisotopic (exact) mass is 287 g/mol. The third kappa shape index (κ3) is 4.77. The molecule has 1 aromatic rings. The van der Waals surface area contributed by atoms with Crippen LogP contribution in [0.25, 0.3) is 0 Å². The summed E-state index contributed by atoms with van der Waals surface area (Å²) in [6.45, 7) is 1.19. The number of carbonyl (C=O) groups is 1. The number of aliphatic hydroxyl groups is 1. The molecule has 0 spiro atoms. The van der Waals surface area contributed by atoms with Gasteiger partial charge in [-0.05, 0) is 38.5 Å². The van der Waals surface area contributed by atoms with Crippen LogP contribution >= 0.6 is 0 Å². The zero-order chi connectivity index (χ0) is 15.1. The van der Waals surface area contributed by atoms with Gasteiger partial charge in [0.25, 0.3) is 5.91 Å². The lowest BCUT2D eigenvalue weighted by atomic mass is 10.1. The second-order valence-electron chi connectivity index (χ2n) is 4.58. The molecule has 0 aliphatic heterocycles. The number of amides is 1. The molecule has 0 fully saturated rings. The highest BCUT2D eigenvalue weighted by Crippen LogP contribution is 2.18. The zero-order valence-electron chi connectivity index (χ0n) is 11.6. The number of rotatable bonds is 7. The lowest BCUT2D eigenvalue weighted by Crippen LogP contribution is -2.38. The van der Waals surface area contributed by atoms with Gasteiger partial charge in [0.2, 0.25) is 0 Å². The SMILES string of the molecule is CC(C)N(CCCO)C(=O)c1cccc(OC(F)F)c1. The summed E-state index contributed by atoms with van der Waals surface area (Å²) in [7, 11) is 0. The quantitative estimate of drug-likeness (QED) is 0.838. The number of benzene rings is 1. The van der Waals surface area contributed by atoms with E-state index in [4.69, 9.17) is 5.11 Å². The van der Waals surface area contributed by atoms with E-state index < -0.39 is 6.61 Å². The largest absolute Gasteiger partial charge is 0.435 e. The molecule has 0 aromatic heterocycles. The molecule has 0 aliphatic rings. The van der Waals surface area contributed by atoms with E-state index >= 15 is 0 Å². The summed E-state index contributed by atoms with van der Waals surface area (Å²) in [6, 6.07) is 5.66. The summed E-state index contributed by atoms with van der Waals surface area (Å²) < 4.78 is 28.6. The molecule has 20 heavy (non-hydrogen) atoms. The highest BCUT2D eigenvalue weighted by atomic mass is 19.3. The maximum atomic E-state index is 12.3. The predicted molar refractivity (Wildman–Crippen MR) is 70.9 cm³/mol. The first kappa shape index (κ1) is 16.4. The Morgan fingerprint density at radius 2 is 2.10 bits per heavy atom. The van der Waals surface area contributed by atoms with Gasteiger partial charge in [-0.3, -0.25) is 4.79 Å². The number of carbonyl (C=O) groups excluding carboxylic acids is 1. The minimum atomic E-state index is -2.92. The molecule has 0 radical (unpaired) electrons. The van der Waals surface area contributed by atoms with Crippen LogP contribution in [0, 0.1) is 0 Å². The fourth-order valence-electron chi connectivity index (χ4n) is 1.81. The highest BCUT2D eigenvalue weighted by molar-refractivity contribution is 5.94. The van der Waals surface area contributed by atoms with Gasteiger partial charge in [-0.1, -0.05) is 6.07 Å². The molecule has 0 bridgehead atoms. The number of hydrogen-bond acceptors (Lipinski definition) is 3. The van der Waals surface area contributed by atoms with Crippen LogP contribution in [0.3, 0.4) is 0 Å². The van der Waals surface area contributed by atoms with Gasteiger partial charge in [0, 0.05) is 24.8 Å². The Hall–Kier alpha value is -1.69. The molecule has 6 heteroatoms. The van der Waals surface area contributed by atoms with Crippen LogP contribution in [0.15, 0.2) is 24.3 Å². The van der Waals surface area contributed by atoms with Crippen molar-refractivity contribution in [2.24, 2.45) is 0 Å². The standard InChI is InChI=1S/C14H19F2NO3/c1-10(2)17(7-4-8-18)13(19)11-5-3-6-12(9-11)20-14(15)16/h3,5-6,9-10,14,18H,4,7-8H2,1-2H3. The third-order valence-electron chi connectivity index (χ3n) is 2.75. The van der Waals surface area contributed by atoms with E-state index in [1.54, 1.807) is 11.0 Å². The van der Waals surface area contributed by atoms with E-state index in [0.717, 1.165) is 0 Å². The molecular formula is C14H19F2NO3. The van der Waals surface area contributed by atoms with E-state index in [-0.39, 0.29) is 29.9 Å². The van der Waals surface area contributed by atoms with Gasteiger partial charge in [0.15, 0.2) is 0 Å². The molecule has 1 amide bonds. The maximum Gasteiger partial charge on any atom is 0.387 e. The van der Waals surface area contributed by atoms with Gasteiger partial charge in [0.05, 0.1) is 0 Å². The number of halogens is 2. The maximum absolute atomic E-state index is 12.3. The first-order valence-electron chi connectivity index (χ1n) is 6.42. The molecule has 0 saturated carbocycles. The van der Waals surface area contributed by atoms with Gasteiger partial charge in [-0.25, -0.2) is 0 Å².